The van der Waals surface area contributed by atoms with Crippen LogP contribution < -0.4 is 10.6 Å². The summed E-state index contributed by atoms with van der Waals surface area (Å²) in [5.41, 5.74) is 4.89. The highest BCUT2D eigenvalue weighted by atomic mass is 79.9. The minimum Gasteiger partial charge on any atom is -0.376 e. The largest absolute Gasteiger partial charge is 0.376 e. The Morgan fingerprint density at radius 2 is 1.00 bits per heavy atom. The summed E-state index contributed by atoms with van der Waals surface area (Å²) in [7, 11) is 0. The average Bonchev–Trinajstić information content (AvgIpc) is 2.82. The number of benzene rings is 3. The van der Waals surface area contributed by atoms with Crippen molar-refractivity contribution >= 4 is 43.2 Å². The molecule has 0 amide bonds. The molecule has 0 saturated carbocycles. The summed E-state index contributed by atoms with van der Waals surface area (Å²) in [6.45, 7) is 0. The van der Waals surface area contributed by atoms with Gasteiger partial charge in [-0.05, 0) is 53.9 Å². The van der Waals surface area contributed by atoms with Crippen molar-refractivity contribution in [2.45, 2.75) is 18.5 Å². The highest BCUT2D eigenvalue weighted by Crippen LogP contribution is 2.39. The van der Waals surface area contributed by atoms with Gasteiger partial charge in [-0.3, -0.25) is 0 Å². The van der Waals surface area contributed by atoms with Crippen LogP contribution in [0, 0.1) is 0 Å². The summed E-state index contributed by atoms with van der Waals surface area (Å²) in [6.07, 6.45) is 0.970. The van der Waals surface area contributed by atoms with E-state index in [4.69, 9.17) is 0 Å². The van der Waals surface area contributed by atoms with Gasteiger partial charge >= 0.3 is 0 Å². The quantitative estimate of drug-likeness (QED) is 0.436. The number of halogens is 2. The molecular formula is C21H18Br2N2. The van der Waals surface area contributed by atoms with E-state index in [1.54, 1.807) is 0 Å². The Bertz CT molecular complexity index is 787. The van der Waals surface area contributed by atoms with Crippen molar-refractivity contribution in [1.29, 1.82) is 0 Å². The Morgan fingerprint density at radius 1 is 0.600 bits per heavy atom. The Balaban J connectivity index is 1.72. The lowest BCUT2D eigenvalue weighted by atomic mass is 9.95. The summed E-state index contributed by atoms with van der Waals surface area (Å²) >= 11 is 7.06. The van der Waals surface area contributed by atoms with Crippen LogP contribution in [0.25, 0.3) is 0 Å². The van der Waals surface area contributed by atoms with Crippen LogP contribution in [-0.2, 0) is 0 Å². The molecule has 0 radical (unpaired) electrons. The van der Waals surface area contributed by atoms with Gasteiger partial charge in [0.05, 0.1) is 23.5 Å². The number of nitrogens with one attached hydrogen (secondary N) is 2. The first-order chi connectivity index (χ1) is 12.2. The summed E-state index contributed by atoms with van der Waals surface area (Å²) in [5.74, 6) is 0. The lowest BCUT2D eigenvalue weighted by Gasteiger charge is -2.22. The molecule has 0 spiro atoms. The zero-order valence-electron chi connectivity index (χ0n) is 13.5. The van der Waals surface area contributed by atoms with Crippen molar-refractivity contribution in [3.63, 3.8) is 0 Å². The van der Waals surface area contributed by atoms with E-state index in [9.17, 15) is 0 Å². The second-order valence-electron chi connectivity index (χ2n) is 6.28. The number of anilines is 2. The summed E-state index contributed by atoms with van der Waals surface area (Å²) in [5, 5.41) is 7.44. The van der Waals surface area contributed by atoms with Gasteiger partial charge < -0.3 is 10.6 Å². The van der Waals surface area contributed by atoms with Gasteiger partial charge in [0.2, 0.25) is 0 Å². The molecule has 0 aromatic heterocycles. The molecule has 3 aromatic rings. The van der Waals surface area contributed by atoms with Crippen molar-refractivity contribution in [2.75, 3.05) is 10.6 Å². The topological polar surface area (TPSA) is 24.1 Å². The van der Waals surface area contributed by atoms with Gasteiger partial charge in [0.1, 0.15) is 0 Å². The van der Waals surface area contributed by atoms with Crippen LogP contribution in [-0.4, -0.2) is 0 Å². The van der Waals surface area contributed by atoms with E-state index >= 15 is 0 Å². The van der Waals surface area contributed by atoms with Crippen molar-refractivity contribution in [3.05, 3.63) is 92.9 Å². The predicted molar refractivity (Wildman–Crippen MR) is 112 cm³/mol. The Labute approximate surface area is 164 Å². The molecule has 0 unspecified atom stereocenters. The maximum absolute atomic E-state index is 3.72. The van der Waals surface area contributed by atoms with Crippen LogP contribution in [0.1, 0.15) is 29.6 Å². The molecule has 1 heterocycles. The molecule has 1 aliphatic heterocycles. The zero-order chi connectivity index (χ0) is 17.2. The Kier molecular flexibility index (Phi) is 4.82. The minimum atomic E-state index is 0.248. The molecular weight excluding hydrogens is 440 g/mol. The molecule has 4 heteroatoms. The van der Waals surface area contributed by atoms with Crippen LogP contribution in [0.5, 0.6) is 0 Å². The normalized spacial score (nSPS) is 19.3. The van der Waals surface area contributed by atoms with Crippen molar-refractivity contribution < 1.29 is 0 Å². The van der Waals surface area contributed by atoms with E-state index in [0.717, 1.165) is 26.7 Å². The van der Waals surface area contributed by atoms with Gasteiger partial charge in [-0.2, -0.15) is 0 Å². The lowest BCUT2D eigenvalue weighted by molar-refractivity contribution is 0.623. The van der Waals surface area contributed by atoms with E-state index in [1.165, 1.54) is 11.1 Å². The standard InChI is InChI=1S/C21H18Br2N2/c22-16-9-5-14(6-10-16)20-13-21(15-7-11-17(23)12-8-15)25-19-4-2-1-3-18(19)24-20/h1-12,20-21,24-25H,13H2/t20-,21-/m0/s1. The smallest absolute Gasteiger partial charge is 0.0580 e. The Hall–Kier alpha value is -1.78. The van der Waals surface area contributed by atoms with Gasteiger partial charge in [-0.15, -0.1) is 0 Å². The molecule has 3 aromatic carbocycles. The molecule has 0 fully saturated rings. The van der Waals surface area contributed by atoms with E-state index in [-0.39, 0.29) is 12.1 Å². The fraction of sp³-hybridized carbons (Fsp3) is 0.143. The first-order valence-electron chi connectivity index (χ1n) is 8.32. The second kappa shape index (κ2) is 7.22. The minimum absolute atomic E-state index is 0.248. The van der Waals surface area contributed by atoms with E-state index in [1.807, 2.05) is 0 Å². The van der Waals surface area contributed by atoms with Crippen LogP contribution in [0.15, 0.2) is 81.7 Å². The van der Waals surface area contributed by atoms with Gasteiger partial charge in [-0.1, -0.05) is 68.3 Å². The average molecular weight is 458 g/mol. The van der Waals surface area contributed by atoms with Crippen molar-refractivity contribution in [2.24, 2.45) is 0 Å². The van der Waals surface area contributed by atoms with Crippen molar-refractivity contribution in [1.82, 2.24) is 0 Å². The molecule has 1 aliphatic rings. The maximum Gasteiger partial charge on any atom is 0.0580 e. The number of fused-ring (bicyclic) bond motifs is 1. The molecule has 0 bridgehead atoms. The molecule has 126 valence electrons. The molecule has 2 nitrogen and oxygen atoms in total. The van der Waals surface area contributed by atoms with Crippen LogP contribution in [0.2, 0.25) is 0 Å². The molecule has 2 atom stereocenters. The third kappa shape index (κ3) is 3.75. The molecule has 4 rings (SSSR count). The first-order valence-corrected chi connectivity index (χ1v) is 9.91. The third-order valence-electron chi connectivity index (χ3n) is 4.60. The maximum atomic E-state index is 3.72. The predicted octanol–water partition coefficient (Wildman–Crippen LogP) is 6.92. The highest BCUT2D eigenvalue weighted by Gasteiger charge is 2.24. The van der Waals surface area contributed by atoms with E-state index < -0.39 is 0 Å². The second-order valence-corrected chi connectivity index (χ2v) is 8.11. The summed E-state index contributed by atoms with van der Waals surface area (Å²) in [4.78, 5) is 0. The third-order valence-corrected chi connectivity index (χ3v) is 5.66. The van der Waals surface area contributed by atoms with Crippen LogP contribution in [0.4, 0.5) is 11.4 Å². The van der Waals surface area contributed by atoms with Gasteiger partial charge in [-0.25, -0.2) is 0 Å². The monoisotopic (exact) mass is 456 g/mol. The Morgan fingerprint density at radius 3 is 1.40 bits per heavy atom. The number of hydrogen-bond donors (Lipinski definition) is 2. The van der Waals surface area contributed by atoms with Gasteiger partial charge in [0.25, 0.3) is 0 Å². The van der Waals surface area contributed by atoms with E-state index in [0.29, 0.717) is 0 Å². The fourth-order valence-electron chi connectivity index (χ4n) is 3.29. The fourth-order valence-corrected chi connectivity index (χ4v) is 3.82. The van der Waals surface area contributed by atoms with Gasteiger partial charge in [0.15, 0.2) is 0 Å². The molecule has 2 N–H and O–H groups in total. The number of rotatable bonds is 2. The molecule has 0 saturated heterocycles. The van der Waals surface area contributed by atoms with Crippen LogP contribution >= 0.6 is 31.9 Å². The SMILES string of the molecule is Brc1ccc([C@@H]2C[C@@H](c3ccc(Br)cc3)Nc3ccccc3N2)cc1. The summed E-state index contributed by atoms with van der Waals surface area (Å²) in [6, 6.07) is 26.1. The summed E-state index contributed by atoms with van der Waals surface area (Å²) < 4.78 is 2.21. The molecule has 25 heavy (non-hydrogen) atoms. The highest BCUT2D eigenvalue weighted by molar-refractivity contribution is 9.10. The lowest BCUT2D eigenvalue weighted by Crippen LogP contribution is -2.15. The first kappa shape index (κ1) is 16.7. The number of para-hydroxylation sites is 2. The van der Waals surface area contributed by atoms with E-state index in [2.05, 4.69) is 115 Å². The molecule has 0 aliphatic carbocycles. The number of hydrogen-bond acceptors (Lipinski definition) is 2. The van der Waals surface area contributed by atoms with Crippen LogP contribution in [0.3, 0.4) is 0 Å². The van der Waals surface area contributed by atoms with Gasteiger partial charge in [0, 0.05) is 8.95 Å². The zero-order valence-corrected chi connectivity index (χ0v) is 16.7. The van der Waals surface area contributed by atoms with Crippen molar-refractivity contribution in [3.8, 4) is 0 Å².